The number of sulfonamides is 1. The lowest BCUT2D eigenvalue weighted by atomic mass is 9.98. The third-order valence-corrected chi connectivity index (χ3v) is 7.02. The topological polar surface area (TPSA) is 66.9 Å². The quantitative estimate of drug-likeness (QED) is 0.818. The first-order chi connectivity index (χ1) is 11.9. The SMILES string of the molecule is COc1ccc(S(=O)(=O)N2CCC[C@@H](C(=O)N3CCCC3)C2)cc1C. The molecule has 1 aromatic carbocycles. The molecule has 6 nitrogen and oxygen atoms in total. The summed E-state index contributed by atoms with van der Waals surface area (Å²) in [4.78, 5) is 14.8. The van der Waals surface area contributed by atoms with Crippen LogP contribution < -0.4 is 4.74 Å². The maximum atomic E-state index is 13.0. The first-order valence-electron chi connectivity index (χ1n) is 8.87. The van der Waals surface area contributed by atoms with Crippen molar-refractivity contribution in [2.24, 2.45) is 5.92 Å². The molecular weight excluding hydrogens is 340 g/mol. The van der Waals surface area contributed by atoms with Crippen molar-refractivity contribution in [3.63, 3.8) is 0 Å². The monoisotopic (exact) mass is 366 g/mol. The Balaban J connectivity index is 1.77. The van der Waals surface area contributed by atoms with Gasteiger partial charge in [-0.05, 0) is 56.4 Å². The normalized spacial score (nSPS) is 22.2. The number of benzene rings is 1. The molecule has 7 heteroatoms. The molecule has 138 valence electrons. The van der Waals surface area contributed by atoms with Crippen molar-refractivity contribution < 1.29 is 17.9 Å². The van der Waals surface area contributed by atoms with E-state index in [0.717, 1.165) is 44.3 Å². The van der Waals surface area contributed by atoms with Gasteiger partial charge in [-0.3, -0.25) is 4.79 Å². The number of hydrogen-bond donors (Lipinski definition) is 0. The van der Waals surface area contributed by atoms with Crippen molar-refractivity contribution in [1.29, 1.82) is 0 Å². The van der Waals surface area contributed by atoms with E-state index in [-0.39, 0.29) is 23.3 Å². The van der Waals surface area contributed by atoms with E-state index >= 15 is 0 Å². The fourth-order valence-corrected chi connectivity index (χ4v) is 5.33. The Morgan fingerprint density at radius 1 is 1.16 bits per heavy atom. The number of amides is 1. The zero-order valence-corrected chi connectivity index (χ0v) is 15.7. The van der Waals surface area contributed by atoms with E-state index in [1.165, 1.54) is 4.31 Å². The third kappa shape index (κ3) is 3.67. The minimum atomic E-state index is -3.59. The van der Waals surface area contributed by atoms with E-state index in [2.05, 4.69) is 0 Å². The highest BCUT2D eigenvalue weighted by Crippen LogP contribution is 2.28. The van der Waals surface area contributed by atoms with E-state index in [9.17, 15) is 13.2 Å². The zero-order chi connectivity index (χ0) is 18.0. The summed E-state index contributed by atoms with van der Waals surface area (Å²) in [5.41, 5.74) is 0.783. The van der Waals surface area contributed by atoms with Crippen LogP contribution in [0.25, 0.3) is 0 Å². The van der Waals surface area contributed by atoms with Crippen molar-refractivity contribution in [3.8, 4) is 5.75 Å². The molecule has 0 spiro atoms. The molecule has 1 atom stereocenters. The fourth-order valence-electron chi connectivity index (χ4n) is 3.72. The van der Waals surface area contributed by atoms with Crippen LogP contribution in [-0.4, -0.2) is 56.8 Å². The van der Waals surface area contributed by atoms with Gasteiger partial charge < -0.3 is 9.64 Å². The average molecular weight is 366 g/mol. The molecule has 2 saturated heterocycles. The minimum Gasteiger partial charge on any atom is -0.496 e. The van der Waals surface area contributed by atoms with Crippen LogP contribution in [0.2, 0.25) is 0 Å². The Bertz CT molecular complexity index is 741. The van der Waals surface area contributed by atoms with Gasteiger partial charge in [-0.1, -0.05) is 0 Å². The van der Waals surface area contributed by atoms with Crippen LogP contribution in [0.4, 0.5) is 0 Å². The van der Waals surface area contributed by atoms with Crippen molar-refractivity contribution in [2.45, 2.75) is 37.5 Å². The standard InChI is InChI=1S/C18H26N2O4S/c1-14-12-16(7-8-17(14)24-2)25(22,23)20-11-5-6-15(13-20)18(21)19-9-3-4-10-19/h7-8,12,15H,3-6,9-11,13H2,1-2H3/t15-/m1/s1. The summed E-state index contributed by atoms with van der Waals surface area (Å²) in [5.74, 6) is 0.559. The van der Waals surface area contributed by atoms with Gasteiger partial charge in [0.1, 0.15) is 5.75 Å². The molecule has 2 aliphatic rings. The number of likely N-dealkylation sites (tertiary alicyclic amines) is 1. The third-order valence-electron chi connectivity index (χ3n) is 5.16. The highest BCUT2D eigenvalue weighted by Gasteiger charge is 2.35. The van der Waals surface area contributed by atoms with Gasteiger partial charge in [-0.25, -0.2) is 8.42 Å². The summed E-state index contributed by atoms with van der Waals surface area (Å²) < 4.78 is 32.7. The number of nitrogens with zero attached hydrogens (tertiary/aromatic N) is 2. The molecule has 3 rings (SSSR count). The molecule has 1 aromatic rings. The van der Waals surface area contributed by atoms with Gasteiger partial charge in [0.2, 0.25) is 15.9 Å². The summed E-state index contributed by atoms with van der Waals surface area (Å²) in [6.07, 6.45) is 3.58. The Hall–Kier alpha value is -1.60. The van der Waals surface area contributed by atoms with Gasteiger partial charge in [0.25, 0.3) is 0 Å². The van der Waals surface area contributed by atoms with E-state index in [1.54, 1.807) is 25.3 Å². The number of aryl methyl sites for hydroxylation is 1. The van der Waals surface area contributed by atoms with Crippen LogP contribution in [0.5, 0.6) is 5.75 Å². The van der Waals surface area contributed by atoms with E-state index in [0.29, 0.717) is 12.3 Å². The highest BCUT2D eigenvalue weighted by atomic mass is 32.2. The Morgan fingerprint density at radius 3 is 2.52 bits per heavy atom. The molecular formula is C18H26N2O4S. The van der Waals surface area contributed by atoms with Crippen LogP contribution >= 0.6 is 0 Å². The summed E-state index contributed by atoms with van der Waals surface area (Å²) in [6, 6.07) is 4.90. The van der Waals surface area contributed by atoms with Crippen LogP contribution in [-0.2, 0) is 14.8 Å². The van der Waals surface area contributed by atoms with Crippen LogP contribution in [0, 0.1) is 12.8 Å². The summed E-state index contributed by atoms with van der Waals surface area (Å²) >= 11 is 0. The summed E-state index contributed by atoms with van der Waals surface area (Å²) in [6.45, 7) is 4.19. The van der Waals surface area contributed by atoms with E-state index in [4.69, 9.17) is 4.74 Å². The molecule has 0 aliphatic carbocycles. The van der Waals surface area contributed by atoms with Gasteiger partial charge in [0.15, 0.2) is 0 Å². The van der Waals surface area contributed by atoms with Crippen molar-refractivity contribution in [1.82, 2.24) is 9.21 Å². The van der Waals surface area contributed by atoms with Gasteiger partial charge >= 0.3 is 0 Å². The number of ether oxygens (including phenoxy) is 1. The number of carbonyl (C=O) groups excluding carboxylic acids is 1. The summed E-state index contributed by atoms with van der Waals surface area (Å²) in [5, 5.41) is 0. The molecule has 1 amide bonds. The van der Waals surface area contributed by atoms with Crippen molar-refractivity contribution in [2.75, 3.05) is 33.3 Å². The molecule has 2 aliphatic heterocycles. The largest absolute Gasteiger partial charge is 0.496 e. The molecule has 2 heterocycles. The Kier molecular flexibility index (Phi) is 5.34. The molecule has 0 aromatic heterocycles. The minimum absolute atomic E-state index is 0.114. The van der Waals surface area contributed by atoms with Gasteiger partial charge in [-0.2, -0.15) is 4.31 Å². The first-order valence-corrected chi connectivity index (χ1v) is 10.3. The number of rotatable bonds is 4. The second kappa shape index (κ2) is 7.33. The number of hydrogen-bond acceptors (Lipinski definition) is 4. The lowest BCUT2D eigenvalue weighted by Crippen LogP contribution is -2.46. The predicted molar refractivity (Wildman–Crippen MR) is 95.0 cm³/mol. The van der Waals surface area contributed by atoms with Crippen molar-refractivity contribution in [3.05, 3.63) is 23.8 Å². The average Bonchev–Trinajstić information content (AvgIpc) is 3.15. The van der Waals surface area contributed by atoms with Gasteiger partial charge in [0.05, 0.1) is 17.9 Å². The molecule has 0 unspecified atom stereocenters. The zero-order valence-electron chi connectivity index (χ0n) is 14.9. The predicted octanol–water partition coefficient (Wildman–Crippen LogP) is 2.03. The molecule has 0 N–H and O–H groups in total. The van der Waals surface area contributed by atoms with Gasteiger partial charge in [-0.15, -0.1) is 0 Å². The molecule has 0 saturated carbocycles. The second-order valence-corrected chi connectivity index (χ2v) is 8.80. The maximum absolute atomic E-state index is 13.0. The van der Waals surface area contributed by atoms with Crippen LogP contribution in [0.15, 0.2) is 23.1 Å². The highest BCUT2D eigenvalue weighted by molar-refractivity contribution is 7.89. The second-order valence-electron chi connectivity index (χ2n) is 6.87. The Morgan fingerprint density at radius 2 is 1.88 bits per heavy atom. The summed E-state index contributed by atoms with van der Waals surface area (Å²) in [7, 11) is -2.03. The fraction of sp³-hybridized carbons (Fsp3) is 0.611. The number of carbonyl (C=O) groups is 1. The first kappa shape index (κ1) is 18.2. The van der Waals surface area contributed by atoms with Gasteiger partial charge in [0, 0.05) is 26.2 Å². The number of piperidine rings is 1. The smallest absolute Gasteiger partial charge is 0.243 e. The van der Waals surface area contributed by atoms with E-state index < -0.39 is 10.0 Å². The van der Waals surface area contributed by atoms with Crippen LogP contribution in [0.3, 0.4) is 0 Å². The van der Waals surface area contributed by atoms with Crippen LogP contribution in [0.1, 0.15) is 31.2 Å². The van der Waals surface area contributed by atoms with E-state index in [1.807, 2.05) is 11.8 Å². The molecule has 0 radical (unpaired) electrons. The molecule has 25 heavy (non-hydrogen) atoms. The lowest BCUT2D eigenvalue weighted by molar-refractivity contribution is -0.135. The Labute approximate surface area is 149 Å². The molecule has 0 bridgehead atoms. The molecule has 2 fully saturated rings. The van der Waals surface area contributed by atoms with Crippen molar-refractivity contribution >= 4 is 15.9 Å². The number of methoxy groups -OCH3 is 1. The maximum Gasteiger partial charge on any atom is 0.243 e. The lowest BCUT2D eigenvalue weighted by Gasteiger charge is -2.33.